The van der Waals surface area contributed by atoms with E-state index in [1.165, 1.54) is 12.1 Å². The molecule has 2 fully saturated rings. The highest BCUT2D eigenvalue weighted by Crippen LogP contribution is 2.39. The smallest absolute Gasteiger partial charge is 0.406 e. The van der Waals surface area contributed by atoms with Gasteiger partial charge in [0.25, 0.3) is 0 Å². The van der Waals surface area contributed by atoms with Gasteiger partial charge in [0.2, 0.25) is 10.0 Å². The molecule has 0 unspecified atom stereocenters. The summed E-state index contributed by atoms with van der Waals surface area (Å²) in [5.41, 5.74) is 0.308. The van der Waals surface area contributed by atoms with Crippen molar-refractivity contribution in [2.75, 3.05) is 13.1 Å². The first-order chi connectivity index (χ1) is 11.2. The van der Waals surface area contributed by atoms with Gasteiger partial charge in [-0.1, -0.05) is 6.07 Å². The minimum absolute atomic E-state index is 0.187. The Morgan fingerprint density at radius 1 is 1.21 bits per heavy atom. The van der Waals surface area contributed by atoms with Crippen molar-refractivity contribution in [1.29, 1.82) is 0 Å². The van der Waals surface area contributed by atoms with Crippen LogP contribution in [0, 0.1) is 5.41 Å². The Hall–Kier alpha value is -1.32. The van der Waals surface area contributed by atoms with Crippen molar-refractivity contribution in [1.82, 2.24) is 10.0 Å². The van der Waals surface area contributed by atoms with Gasteiger partial charge in [0.05, 0.1) is 4.90 Å². The first-order valence-corrected chi connectivity index (χ1v) is 9.25. The number of benzene rings is 1. The Bertz CT molecular complexity index is 692. The van der Waals surface area contributed by atoms with Gasteiger partial charge in [-0.2, -0.15) is 0 Å². The van der Waals surface area contributed by atoms with Gasteiger partial charge in [0.1, 0.15) is 5.75 Å². The van der Waals surface area contributed by atoms with Crippen LogP contribution < -0.4 is 14.8 Å². The number of hydrogen-bond acceptors (Lipinski definition) is 4. The monoisotopic (exact) mass is 364 g/mol. The molecule has 134 valence electrons. The summed E-state index contributed by atoms with van der Waals surface area (Å²) < 4.78 is 68.0. The van der Waals surface area contributed by atoms with Gasteiger partial charge in [0, 0.05) is 25.2 Å². The third-order valence-corrected chi connectivity index (χ3v) is 6.24. The van der Waals surface area contributed by atoms with Gasteiger partial charge in [-0.3, -0.25) is 0 Å². The second-order valence-electron chi connectivity index (χ2n) is 6.52. The molecule has 0 amide bonds. The van der Waals surface area contributed by atoms with Gasteiger partial charge in [-0.05, 0) is 43.2 Å². The van der Waals surface area contributed by atoms with Crippen molar-refractivity contribution in [3.8, 4) is 5.75 Å². The van der Waals surface area contributed by atoms with E-state index in [2.05, 4.69) is 14.8 Å². The molecule has 1 saturated heterocycles. The topological polar surface area (TPSA) is 67.4 Å². The van der Waals surface area contributed by atoms with Crippen LogP contribution in [0.4, 0.5) is 13.2 Å². The van der Waals surface area contributed by atoms with E-state index in [4.69, 9.17) is 0 Å². The van der Waals surface area contributed by atoms with E-state index in [9.17, 15) is 21.6 Å². The number of nitrogens with one attached hydrogen (secondary N) is 2. The summed E-state index contributed by atoms with van der Waals surface area (Å²) >= 11 is 0. The lowest BCUT2D eigenvalue weighted by Crippen LogP contribution is -2.56. The molecule has 1 aliphatic heterocycles. The number of halogens is 3. The van der Waals surface area contributed by atoms with Crippen LogP contribution in [0.5, 0.6) is 5.75 Å². The summed E-state index contributed by atoms with van der Waals surface area (Å²) in [6.07, 6.45) is -1.49. The standard InChI is InChI=1S/C15H19F3N2O3S/c16-15(17,18)23-12-2-1-3-13(8-12)24(21,22)20-11-4-6-14(7-5-11)9-19-10-14/h1-3,8,11,19-20H,4-7,9-10H2. The fourth-order valence-corrected chi connectivity index (χ4v) is 4.65. The molecule has 3 rings (SSSR count). The van der Waals surface area contributed by atoms with Gasteiger partial charge >= 0.3 is 6.36 Å². The Labute approximate surface area is 138 Å². The normalized spacial score (nSPS) is 21.5. The van der Waals surface area contributed by atoms with Crippen LogP contribution in [-0.4, -0.2) is 33.9 Å². The average Bonchev–Trinajstić information content (AvgIpc) is 2.45. The van der Waals surface area contributed by atoms with Crippen LogP contribution in [-0.2, 0) is 10.0 Å². The zero-order valence-corrected chi connectivity index (χ0v) is 13.7. The van der Waals surface area contributed by atoms with Crippen LogP contribution >= 0.6 is 0 Å². The molecule has 9 heteroatoms. The molecular weight excluding hydrogens is 345 g/mol. The largest absolute Gasteiger partial charge is 0.573 e. The molecule has 1 saturated carbocycles. The fraction of sp³-hybridized carbons (Fsp3) is 0.600. The van der Waals surface area contributed by atoms with Crippen LogP contribution in [0.3, 0.4) is 0 Å². The Morgan fingerprint density at radius 2 is 1.88 bits per heavy atom. The maximum Gasteiger partial charge on any atom is 0.573 e. The van der Waals surface area contributed by atoms with E-state index >= 15 is 0 Å². The summed E-state index contributed by atoms with van der Waals surface area (Å²) in [5, 5.41) is 3.24. The van der Waals surface area contributed by atoms with Crippen LogP contribution in [0.25, 0.3) is 0 Å². The number of ether oxygens (including phenoxy) is 1. The van der Waals surface area contributed by atoms with Crippen molar-refractivity contribution in [2.24, 2.45) is 5.41 Å². The molecule has 2 N–H and O–H groups in total. The first-order valence-electron chi connectivity index (χ1n) is 7.76. The Kier molecular flexibility index (Phi) is 4.52. The number of sulfonamides is 1. The van der Waals surface area contributed by atoms with Crippen molar-refractivity contribution in [3.63, 3.8) is 0 Å². The van der Waals surface area contributed by atoms with E-state index in [0.29, 0.717) is 5.41 Å². The number of rotatable bonds is 4. The van der Waals surface area contributed by atoms with Crippen LogP contribution in [0.2, 0.25) is 0 Å². The molecule has 2 aliphatic rings. The lowest BCUT2D eigenvalue weighted by molar-refractivity contribution is -0.274. The lowest BCUT2D eigenvalue weighted by atomic mass is 9.69. The quantitative estimate of drug-likeness (QED) is 0.861. The summed E-state index contributed by atoms with van der Waals surface area (Å²) in [6, 6.07) is 4.25. The van der Waals surface area contributed by atoms with Gasteiger partial charge < -0.3 is 10.1 Å². The summed E-state index contributed by atoms with van der Waals surface area (Å²) in [4.78, 5) is -0.227. The van der Waals surface area contributed by atoms with Crippen LogP contribution in [0.1, 0.15) is 25.7 Å². The second-order valence-corrected chi connectivity index (χ2v) is 8.24. The van der Waals surface area contributed by atoms with E-state index in [-0.39, 0.29) is 10.9 Å². The molecule has 5 nitrogen and oxygen atoms in total. The minimum atomic E-state index is -4.86. The zero-order chi connectivity index (χ0) is 17.4. The van der Waals surface area contributed by atoms with E-state index in [1.54, 1.807) is 0 Å². The molecule has 1 heterocycles. The lowest BCUT2D eigenvalue weighted by Gasteiger charge is -2.47. The zero-order valence-electron chi connectivity index (χ0n) is 12.9. The van der Waals surface area contributed by atoms with Crippen molar-refractivity contribution < 1.29 is 26.3 Å². The van der Waals surface area contributed by atoms with E-state index in [1.807, 2.05) is 0 Å². The summed E-state index contributed by atoms with van der Waals surface area (Å²) in [5.74, 6) is -0.548. The predicted molar refractivity (Wildman–Crippen MR) is 81.0 cm³/mol. The summed E-state index contributed by atoms with van der Waals surface area (Å²) in [6.45, 7) is 1.95. The first kappa shape index (κ1) is 17.5. The third-order valence-electron chi connectivity index (χ3n) is 4.72. The molecule has 0 radical (unpaired) electrons. The highest BCUT2D eigenvalue weighted by Gasteiger charge is 2.40. The van der Waals surface area contributed by atoms with E-state index in [0.717, 1.165) is 50.9 Å². The molecule has 0 bridgehead atoms. The third kappa shape index (κ3) is 4.01. The molecule has 0 aromatic heterocycles. The van der Waals surface area contributed by atoms with Crippen molar-refractivity contribution in [2.45, 2.75) is 43.0 Å². The predicted octanol–water partition coefficient (Wildman–Crippen LogP) is 2.40. The molecule has 24 heavy (non-hydrogen) atoms. The Morgan fingerprint density at radius 3 is 2.42 bits per heavy atom. The SMILES string of the molecule is O=S(=O)(NC1CCC2(CC1)CNC2)c1cccc(OC(F)(F)F)c1. The highest BCUT2D eigenvalue weighted by atomic mass is 32.2. The summed E-state index contributed by atoms with van der Waals surface area (Å²) in [7, 11) is -3.88. The number of hydrogen-bond donors (Lipinski definition) is 2. The van der Waals surface area contributed by atoms with Crippen molar-refractivity contribution >= 4 is 10.0 Å². The molecule has 1 aromatic rings. The fourth-order valence-electron chi connectivity index (χ4n) is 3.31. The minimum Gasteiger partial charge on any atom is -0.406 e. The number of alkyl halides is 3. The Balaban J connectivity index is 1.66. The second kappa shape index (κ2) is 6.20. The molecule has 0 atom stereocenters. The maximum absolute atomic E-state index is 12.4. The van der Waals surface area contributed by atoms with Gasteiger partial charge in [-0.25, -0.2) is 13.1 Å². The van der Waals surface area contributed by atoms with E-state index < -0.39 is 22.1 Å². The van der Waals surface area contributed by atoms with Gasteiger partial charge in [-0.15, -0.1) is 13.2 Å². The van der Waals surface area contributed by atoms with Crippen LogP contribution in [0.15, 0.2) is 29.2 Å². The molecule has 1 aromatic carbocycles. The average molecular weight is 364 g/mol. The van der Waals surface area contributed by atoms with Crippen molar-refractivity contribution in [3.05, 3.63) is 24.3 Å². The highest BCUT2D eigenvalue weighted by molar-refractivity contribution is 7.89. The molecule has 1 spiro atoms. The maximum atomic E-state index is 12.4. The molecule has 1 aliphatic carbocycles. The molecular formula is C15H19F3N2O3S. The van der Waals surface area contributed by atoms with Gasteiger partial charge in [0.15, 0.2) is 0 Å².